The molecular weight excluding hydrogens is 250 g/mol. The second kappa shape index (κ2) is 6.87. The van der Waals surface area contributed by atoms with E-state index in [2.05, 4.69) is 16.7 Å². The number of nitrogens with one attached hydrogen (secondary N) is 2. The second-order valence-electron chi connectivity index (χ2n) is 3.89. The molecule has 0 heterocycles. The molecule has 4 nitrogen and oxygen atoms in total. The molecule has 0 aliphatic carbocycles. The molecule has 1 atom stereocenters. The van der Waals surface area contributed by atoms with Gasteiger partial charge in [0.25, 0.3) is 5.91 Å². The van der Waals surface area contributed by atoms with Gasteiger partial charge in [-0.3, -0.25) is 4.79 Å². The van der Waals surface area contributed by atoms with Crippen molar-refractivity contribution in [2.24, 2.45) is 0 Å². The lowest BCUT2D eigenvalue weighted by atomic mass is 10.1. The molecule has 0 spiro atoms. The van der Waals surface area contributed by atoms with Crippen molar-refractivity contribution in [3.05, 3.63) is 28.8 Å². The number of hydrogen-bond acceptors (Lipinski definition) is 3. The molecule has 1 aromatic carbocycles. The first-order valence-corrected chi connectivity index (χ1v) is 6.15. The number of halogens is 1. The zero-order chi connectivity index (χ0) is 13.5. The Morgan fingerprint density at radius 2 is 2.28 bits per heavy atom. The third-order valence-corrected chi connectivity index (χ3v) is 2.99. The summed E-state index contributed by atoms with van der Waals surface area (Å²) in [7, 11) is 1.77. The van der Waals surface area contributed by atoms with Crippen LogP contribution in [0.15, 0.2) is 18.2 Å². The van der Waals surface area contributed by atoms with E-state index < -0.39 is 0 Å². The molecule has 0 fully saturated rings. The van der Waals surface area contributed by atoms with E-state index in [-0.39, 0.29) is 11.9 Å². The highest BCUT2D eigenvalue weighted by Gasteiger charge is 2.15. The van der Waals surface area contributed by atoms with Gasteiger partial charge in [-0.15, -0.1) is 0 Å². The van der Waals surface area contributed by atoms with E-state index in [9.17, 15) is 4.79 Å². The van der Waals surface area contributed by atoms with Gasteiger partial charge in [0.1, 0.15) is 0 Å². The standard InChI is InChI=1S/C13H16ClN3O/c1-3-9(6-7-15)17-13(18)11-8-10(16-2)4-5-12(11)14/h4-5,8-9,16H,3,6H2,1-2H3,(H,17,18). The van der Waals surface area contributed by atoms with E-state index in [1.807, 2.05) is 6.92 Å². The highest BCUT2D eigenvalue weighted by atomic mass is 35.5. The zero-order valence-electron chi connectivity index (χ0n) is 10.5. The van der Waals surface area contributed by atoms with Gasteiger partial charge in [-0.25, -0.2) is 0 Å². The van der Waals surface area contributed by atoms with Crippen LogP contribution in [0, 0.1) is 11.3 Å². The maximum absolute atomic E-state index is 12.0. The molecule has 5 heteroatoms. The molecule has 0 bridgehead atoms. The van der Waals surface area contributed by atoms with Gasteiger partial charge in [-0.05, 0) is 24.6 Å². The van der Waals surface area contributed by atoms with Gasteiger partial charge < -0.3 is 10.6 Å². The summed E-state index contributed by atoms with van der Waals surface area (Å²) in [6, 6.07) is 7.07. The van der Waals surface area contributed by atoms with Gasteiger partial charge >= 0.3 is 0 Å². The van der Waals surface area contributed by atoms with Crippen LogP contribution in [-0.2, 0) is 0 Å². The molecule has 1 rings (SSSR count). The molecule has 2 N–H and O–H groups in total. The summed E-state index contributed by atoms with van der Waals surface area (Å²) in [5, 5.41) is 14.8. The average molecular weight is 266 g/mol. The predicted octanol–water partition coefficient (Wildman–Crippen LogP) is 2.80. The number of benzene rings is 1. The van der Waals surface area contributed by atoms with Gasteiger partial charge in [0, 0.05) is 18.8 Å². The van der Waals surface area contributed by atoms with Crippen LogP contribution >= 0.6 is 11.6 Å². The Balaban J connectivity index is 2.86. The number of carbonyl (C=O) groups excluding carboxylic acids is 1. The number of hydrogen-bond donors (Lipinski definition) is 2. The molecule has 18 heavy (non-hydrogen) atoms. The Kier molecular flexibility index (Phi) is 5.47. The molecular formula is C13H16ClN3O. The molecule has 1 unspecified atom stereocenters. The third kappa shape index (κ3) is 3.64. The van der Waals surface area contributed by atoms with Gasteiger partial charge in [0.2, 0.25) is 0 Å². The fraction of sp³-hybridized carbons (Fsp3) is 0.385. The van der Waals surface area contributed by atoms with Crippen LogP contribution in [0.3, 0.4) is 0 Å². The molecule has 1 amide bonds. The van der Waals surface area contributed by atoms with Crippen molar-refractivity contribution < 1.29 is 4.79 Å². The van der Waals surface area contributed by atoms with Crippen LogP contribution in [0.2, 0.25) is 5.02 Å². The summed E-state index contributed by atoms with van der Waals surface area (Å²) in [6.07, 6.45) is 1.01. The lowest BCUT2D eigenvalue weighted by Gasteiger charge is -2.14. The van der Waals surface area contributed by atoms with E-state index >= 15 is 0 Å². The maximum Gasteiger partial charge on any atom is 0.253 e. The number of rotatable bonds is 5. The summed E-state index contributed by atoms with van der Waals surface area (Å²) in [4.78, 5) is 12.0. The minimum atomic E-state index is -0.251. The lowest BCUT2D eigenvalue weighted by molar-refractivity contribution is 0.0937. The monoisotopic (exact) mass is 265 g/mol. The number of carbonyl (C=O) groups is 1. The molecule has 96 valence electrons. The zero-order valence-corrected chi connectivity index (χ0v) is 11.2. The van der Waals surface area contributed by atoms with E-state index in [1.54, 1.807) is 25.2 Å². The number of nitrogens with zero attached hydrogens (tertiary/aromatic N) is 1. The van der Waals surface area contributed by atoms with Crippen molar-refractivity contribution in [2.75, 3.05) is 12.4 Å². The summed E-state index contributed by atoms with van der Waals surface area (Å²) in [5.74, 6) is -0.251. The largest absolute Gasteiger partial charge is 0.388 e. The first-order chi connectivity index (χ1) is 8.62. The predicted molar refractivity (Wildman–Crippen MR) is 72.8 cm³/mol. The third-order valence-electron chi connectivity index (χ3n) is 2.67. The Morgan fingerprint density at radius 1 is 1.56 bits per heavy atom. The Labute approximate surface area is 112 Å². The number of nitriles is 1. The Bertz CT molecular complexity index is 468. The van der Waals surface area contributed by atoms with E-state index in [0.717, 1.165) is 5.69 Å². The maximum atomic E-state index is 12.0. The molecule has 1 aromatic rings. The fourth-order valence-corrected chi connectivity index (χ4v) is 1.73. The van der Waals surface area contributed by atoms with Crippen LogP contribution < -0.4 is 10.6 Å². The Morgan fingerprint density at radius 3 is 2.83 bits per heavy atom. The normalized spacial score (nSPS) is 11.4. The van der Waals surface area contributed by atoms with Crippen molar-refractivity contribution in [1.29, 1.82) is 5.26 Å². The van der Waals surface area contributed by atoms with Crippen molar-refractivity contribution in [1.82, 2.24) is 5.32 Å². The number of anilines is 1. The van der Waals surface area contributed by atoms with Crippen LogP contribution in [0.4, 0.5) is 5.69 Å². The van der Waals surface area contributed by atoms with Crippen molar-refractivity contribution in [3.63, 3.8) is 0 Å². The highest BCUT2D eigenvalue weighted by Crippen LogP contribution is 2.20. The van der Waals surface area contributed by atoms with Gasteiger partial charge in [-0.1, -0.05) is 18.5 Å². The average Bonchev–Trinajstić information content (AvgIpc) is 2.38. The molecule has 0 radical (unpaired) electrons. The molecule has 0 saturated heterocycles. The first kappa shape index (κ1) is 14.3. The minimum Gasteiger partial charge on any atom is -0.388 e. The molecule has 0 aliphatic rings. The minimum absolute atomic E-state index is 0.142. The van der Waals surface area contributed by atoms with Crippen LogP contribution in [0.25, 0.3) is 0 Å². The van der Waals surface area contributed by atoms with Crippen molar-refractivity contribution in [3.8, 4) is 6.07 Å². The van der Waals surface area contributed by atoms with Gasteiger partial charge in [0.05, 0.1) is 23.1 Å². The molecule has 0 saturated carbocycles. The highest BCUT2D eigenvalue weighted by molar-refractivity contribution is 6.34. The summed E-state index contributed by atoms with van der Waals surface area (Å²) >= 11 is 6.00. The quantitative estimate of drug-likeness (QED) is 0.860. The van der Waals surface area contributed by atoms with Crippen LogP contribution in [0.5, 0.6) is 0 Å². The second-order valence-corrected chi connectivity index (χ2v) is 4.29. The topological polar surface area (TPSA) is 64.9 Å². The van der Waals surface area contributed by atoms with E-state index in [4.69, 9.17) is 16.9 Å². The number of amides is 1. The summed E-state index contributed by atoms with van der Waals surface area (Å²) in [5.41, 5.74) is 1.23. The van der Waals surface area contributed by atoms with Gasteiger partial charge in [0.15, 0.2) is 0 Å². The summed E-state index contributed by atoms with van der Waals surface area (Å²) < 4.78 is 0. The van der Waals surface area contributed by atoms with E-state index in [0.29, 0.717) is 23.4 Å². The van der Waals surface area contributed by atoms with Crippen molar-refractivity contribution in [2.45, 2.75) is 25.8 Å². The molecule has 0 aliphatic heterocycles. The first-order valence-electron chi connectivity index (χ1n) is 5.77. The van der Waals surface area contributed by atoms with Crippen LogP contribution in [0.1, 0.15) is 30.1 Å². The van der Waals surface area contributed by atoms with E-state index in [1.165, 1.54) is 0 Å². The lowest BCUT2D eigenvalue weighted by Crippen LogP contribution is -2.34. The SMILES string of the molecule is CCC(CC#N)NC(=O)c1cc(NC)ccc1Cl. The Hall–Kier alpha value is -1.73. The van der Waals surface area contributed by atoms with Crippen LogP contribution in [-0.4, -0.2) is 19.0 Å². The fourth-order valence-electron chi connectivity index (χ4n) is 1.53. The van der Waals surface area contributed by atoms with Gasteiger partial charge in [-0.2, -0.15) is 5.26 Å². The smallest absolute Gasteiger partial charge is 0.253 e. The van der Waals surface area contributed by atoms with Crippen molar-refractivity contribution >= 4 is 23.2 Å². The summed E-state index contributed by atoms with van der Waals surface area (Å²) in [6.45, 7) is 1.92. The molecule has 0 aromatic heterocycles.